The van der Waals surface area contributed by atoms with Crippen LogP contribution < -0.4 is 15.5 Å². The number of fused-ring (bicyclic) bond motifs is 1. The van der Waals surface area contributed by atoms with E-state index in [9.17, 15) is 9.59 Å². The molecule has 1 fully saturated rings. The molecule has 1 aromatic carbocycles. The molecule has 0 bridgehead atoms. The second-order valence-corrected chi connectivity index (χ2v) is 6.45. The number of carbonyl (C=O) groups is 2. The number of benzene rings is 1. The second kappa shape index (κ2) is 6.68. The first-order valence-corrected chi connectivity index (χ1v) is 8.67. The molecule has 0 radical (unpaired) electrons. The van der Waals surface area contributed by atoms with Gasteiger partial charge < -0.3 is 15.5 Å². The molecule has 0 atom stereocenters. The van der Waals surface area contributed by atoms with Gasteiger partial charge in [0.2, 0.25) is 5.91 Å². The second-order valence-electron chi connectivity index (χ2n) is 6.45. The summed E-state index contributed by atoms with van der Waals surface area (Å²) in [5, 5.41) is 13.3. The Balaban J connectivity index is 1.39. The molecule has 2 amide bonds. The van der Waals surface area contributed by atoms with Gasteiger partial charge >= 0.3 is 0 Å². The number of carbonyl (C=O) groups excluding carboxylic acids is 2. The minimum absolute atomic E-state index is 0.154. The number of nitrogens with zero attached hydrogens (tertiary/aromatic N) is 2. The van der Waals surface area contributed by atoms with Crippen molar-refractivity contribution in [3.05, 3.63) is 46.8 Å². The third kappa shape index (κ3) is 3.15. The average Bonchev–Trinajstić information content (AvgIpc) is 3.26. The molecule has 25 heavy (non-hydrogen) atoms. The molecule has 3 heterocycles. The van der Waals surface area contributed by atoms with Crippen LogP contribution in [0.15, 0.2) is 24.3 Å². The van der Waals surface area contributed by atoms with Crippen molar-refractivity contribution < 1.29 is 9.59 Å². The van der Waals surface area contributed by atoms with Gasteiger partial charge in [-0.25, -0.2) is 0 Å². The van der Waals surface area contributed by atoms with Gasteiger partial charge in [0.15, 0.2) is 5.69 Å². The fourth-order valence-electron chi connectivity index (χ4n) is 3.41. The lowest BCUT2D eigenvalue weighted by atomic mass is 10.1. The van der Waals surface area contributed by atoms with Gasteiger partial charge in [-0.05, 0) is 37.1 Å². The molecule has 0 saturated carbocycles. The number of H-pyrrole nitrogens is 1. The number of nitrogens with one attached hydrogen (secondary N) is 3. The fraction of sp³-hybridized carbons (Fsp3) is 0.389. The number of aromatic nitrogens is 2. The molecule has 2 aliphatic heterocycles. The molecule has 7 heteroatoms. The lowest BCUT2D eigenvalue weighted by molar-refractivity contribution is -0.117. The fourth-order valence-corrected chi connectivity index (χ4v) is 3.41. The van der Waals surface area contributed by atoms with E-state index in [1.807, 2.05) is 29.2 Å². The predicted octanol–water partition coefficient (Wildman–Crippen LogP) is 1.11. The predicted molar refractivity (Wildman–Crippen MR) is 93.2 cm³/mol. The summed E-state index contributed by atoms with van der Waals surface area (Å²) < 4.78 is 0. The minimum Gasteiger partial charge on any atom is -0.347 e. The van der Waals surface area contributed by atoms with Gasteiger partial charge in [0.1, 0.15) is 0 Å². The van der Waals surface area contributed by atoms with E-state index in [1.165, 1.54) is 0 Å². The molecule has 1 saturated heterocycles. The molecule has 0 spiro atoms. The maximum atomic E-state index is 12.4. The van der Waals surface area contributed by atoms with E-state index in [-0.39, 0.29) is 11.8 Å². The zero-order valence-corrected chi connectivity index (χ0v) is 14.0. The van der Waals surface area contributed by atoms with Gasteiger partial charge in [-0.3, -0.25) is 14.7 Å². The van der Waals surface area contributed by atoms with Crippen molar-refractivity contribution in [1.29, 1.82) is 0 Å². The zero-order valence-electron chi connectivity index (χ0n) is 14.0. The Labute approximate surface area is 145 Å². The Morgan fingerprint density at radius 1 is 1.24 bits per heavy atom. The van der Waals surface area contributed by atoms with Crippen LogP contribution in [0.4, 0.5) is 5.69 Å². The lowest BCUT2D eigenvalue weighted by Gasteiger charge is -2.16. The van der Waals surface area contributed by atoms with E-state index < -0.39 is 0 Å². The van der Waals surface area contributed by atoms with Crippen molar-refractivity contribution in [2.45, 2.75) is 32.4 Å². The van der Waals surface area contributed by atoms with Crippen molar-refractivity contribution >= 4 is 17.5 Å². The number of anilines is 1. The van der Waals surface area contributed by atoms with Crippen molar-refractivity contribution in [3.63, 3.8) is 0 Å². The highest BCUT2D eigenvalue weighted by Gasteiger charge is 2.22. The van der Waals surface area contributed by atoms with E-state index in [1.54, 1.807) is 0 Å². The zero-order chi connectivity index (χ0) is 17.2. The van der Waals surface area contributed by atoms with Crippen LogP contribution >= 0.6 is 0 Å². The van der Waals surface area contributed by atoms with Crippen LogP contribution in [0.25, 0.3) is 0 Å². The maximum absolute atomic E-state index is 12.4. The number of aromatic amines is 1. The number of hydrogen-bond donors (Lipinski definition) is 3. The summed E-state index contributed by atoms with van der Waals surface area (Å²) in [6, 6.07) is 7.77. The van der Waals surface area contributed by atoms with Crippen LogP contribution in [0.1, 0.15) is 40.2 Å². The van der Waals surface area contributed by atoms with E-state index >= 15 is 0 Å². The van der Waals surface area contributed by atoms with Crippen LogP contribution in [-0.2, 0) is 24.3 Å². The average molecular weight is 339 g/mol. The minimum atomic E-state index is -0.154. The summed E-state index contributed by atoms with van der Waals surface area (Å²) in [5.74, 6) is 0.0250. The molecule has 3 N–H and O–H groups in total. The Hall–Kier alpha value is -2.67. The van der Waals surface area contributed by atoms with Crippen LogP contribution in [-0.4, -0.2) is 35.1 Å². The summed E-state index contributed by atoms with van der Waals surface area (Å²) >= 11 is 0. The topological polar surface area (TPSA) is 90.1 Å². The Morgan fingerprint density at radius 3 is 2.84 bits per heavy atom. The Kier molecular flexibility index (Phi) is 4.23. The van der Waals surface area contributed by atoms with E-state index in [0.717, 1.165) is 55.0 Å². The van der Waals surface area contributed by atoms with Crippen LogP contribution in [0.3, 0.4) is 0 Å². The molecule has 4 rings (SSSR count). The summed E-state index contributed by atoms with van der Waals surface area (Å²) in [5.41, 5.74) is 4.42. The third-order valence-electron chi connectivity index (χ3n) is 4.80. The van der Waals surface area contributed by atoms with Crippen molar-refractivity contribution in [1.82, 2.24) is 20.8 Å². The molecule has 7 nitrogen and oxygen atoms in total. The quantitative estimate of drug-likeness (QED) is 0.778. The highest BCUT2D eigenvalue weighted by molar-refractivity contribution is 5.95. The summed E-state index contributed by atoms with van der Waals surface area (Å²) in [6.07, 6.45) is 2.36. The van der Waals surface area contributed by atoms with Crippen LogP contribution in [0.2, 0.25) is 0 Å². The van der Waals surface area contributed by atoms with Crippen LogP contribution in [0, 0.1) is 0 Å². The first-order valence-electron chi connectivity index (χ1n) is 8.67. The lowest BCUT2D eigenvalue weighted by Crippen LogP contribution is -2.27. The highest BCUT2D eigenvalue weighted by atomic mass is 16.2. The molecule has 2 aliphatic rings. The van der Waals surface area contributed by atoms with Crippen molar-refractivity contribution in [2.75, 3.05) is 18.0 Å². The maximum Gasteiger partial charge on any atom is 0.272 e. The first kappa shape index (κ1) is 15.8. The number of hydrogen-bond acceptors (Lipinski definition) is 4. The molecule has 2 aromatic rings. The molecule has 0 aliphatic carbocycles. The van der Waals surface area contributed by atoms with E-state index in [0.29, 0.717) is 18.7 Å². The van der Waals surface area contributed by atoms with Crippen LogP contribution in [0.5, 0.6) is 0 Å². The van der Waals surface area contributed by atoms with Crippen molar-refractivity contribution in [2.24, 2.45) is 0 Å². The molecular weight excluding hydrogens is 318 g/mol. The number of rotatable bonds is 4. The standard InChI is InChI=1S/C18H21N5O2/c24-16-2-1-9-23(16)13-5-3-12(4-6-13)10-20-18(25)17-14-7-8-19-11-15(14)21-22-17/h3-6,19H,1-2,7-11H2,(H,20,25)(H,21,22). The molecule has 130 valence electrons. The monoisotopic (exact) mass is 339 g/mol. The highest BCUT2D eigenvalue weighted by Crippen LogP contribution is 2.21. The van der Waals surface area contributed by atoms with Gasteiger partial charge in [-0.15, -0.1) is 0 Å². The Bertz CT molecular complexity index is 796. The third-order valence-corrected chi connectivity index (χ3v) is 4.80. The SMILES string of the molecule is O=C(NCc1ccc(N2CCCC2=O)cc1)c1n[nH]c2c1CCNC2. The van der Waals surface area contributed by atoms with Gasteiger partial charge in [-0.1, -0.05) is 12.1 Å². The largest absolute Gasteiger partial charge is 0.347 e. The van der Waals surface area contributed by atoms with Gasteiger partial charge in [0.25, 0.3) is 5.91 Å². The number of amides is 2. The first-order chi connectivity index (χ1) is 12.2. The molecule has 0 unspecified atom stereocenters. The van der Waals surface area contributed by atoms with E-state index in [2.05, 4.69) is 20.8 Å². The summed E-state index contributed by atoms with van der Waals surface area (Å²) in [6.45, 7) is 2.82. The van der Waals surface area contributed by atoms with Gasteiger partial charge in [0, 0.05) is 37.3 Å². The summed E-state index contributed by atoms with van der Waals surface area (Å²) in [7, 11) is 0. The van der Waals surface area contributed by atoms with Crippen molar-refractivity contribution in [3.8, 4) is 0 Å². The smallest absolute Gasteiger partial charge is 0.272 e. The molecule has 1 aromatic heterocycles. The summed E-state index contributed by atoms with van der Waals surface area (Å²) in [4.78, 5) is 26.0. The molecular formula is C18H21N5O2. The normalized spacial score (nSPS) is 16.8. The van der Waals surface area contributed by atoms with E-state index in [4.69, 9.17) is 0 Å². The van der Waals surface area contributed by atoms with Gasteiger partial charge in [-0.2, -0.15) is 5.10 Å². The van der Waals surface area contributed by atoms with Gasteiger partial charge in [0.05, 0.1) is 5.69 Å². The Morgan fingerprint density at radius 2 is 2.08 bits per heavy atom.